The molecule has 5 nitrogen and oxygen atoms in total. The van der Waals surface area contributed by atoms with E-state index in [1.165, 1.54) is 0 Å². The molecule has 1 fully saturated rings. The lowest BCUT2D eigenvalue weighted by molar-refractivity contribution is -0.131. The Morgan fingerprint density at radius 2 is 1.92 bits per heavy atom. The van der Waals surface area contributed by atoms with Crippen LogP contribution in [-0.2, 0) is 9.59 Å². The minimum Gasteiger partial charge on any atom is -0.478 e. The molecule has 72 valence electrons. The standard InChI is InChI=1S/C8H11NO4/c10-6-3-5(4-6)9-7(11)1-2-8(12)13/h1-2,5-6,10H,3-4H2,(H,9,11)(H,12,13)/b2-1+. The molecule has 1 rings (SSSR count). The normalized spacial score (nSPS) is 26.8. The monoisotopic (exact) mass is 185 g/mol. The number of carboxylic acid groups (broad SMARTS) is 1. The van der Waals surface area contributed by atoms with Gasteiger partial charge in [0.2, 0.25) is 5.91 Å². The van der Waals surface area contributed by atoms with Crippen molar-refractivity contribution in [2.24, 2.45) is 0 Å². The molecular weight excluding hydrogens is 174 g/mol. The van der Waals surface area contributed by atoms with Crippen LogP contribution in [0.2, 0.25) is 0 Å². The van der Waals surface area contributed by atoms with Gasteiger partial charge in [-0.2, -0.15) is 0 Å². The fraction of sp³-hybridized carbons (Fsp3) is 0.500. The molecule has 3 N–H and O–H groups in total. The lowest BCUT2D eigenvalue weighted by atomic mass is 9.89. The summed E-state index contributed by atoms with van der Waals surface area (Å²) in [6, 6.07) is -0.0130. The maximum absolute atomic E-state index is 10.9. The van der Waals surface area contributed by atoms with Gasteiger partial charge in [-0.3, -0.25) is 4.79 Å². The SMILES string of the molecule is O=C(O)/C=C/C(=O)NC1CC(O)C1. The molecule has 0 bridgehead atoms. The molecule has 0 heterocycles. The number of rotatable bonds is 3. The van der Waals surface area contributed by atoms with Crippen LogP contribution in [0.25, 0.3) is 0 Å². The summed E-state index contributed by atoms with van der Waals surface area (Å²) >= 11 is 0. The number of amides is 1. The molecule has 0 aliphatic heterocycles. The second-order valence-electron chi connectivity index (χ2n) is 3.00. The van der Waals surface area contributed by atoms with E-state index < -0.39 is 11.9 Å². The fourth-order valence-corrected chi connectivity index (χ4v) is 1.10. The van der Waals surface area contributed by atoms with E-state index in [2.05, 4.69) is 5.32 Å². The largest absolute Gasteiger partial charge is 0.478 e. The Morgan fingerprint density at radius 3 is 2.38 bits per heavy atom. The van der Waals surface area contributed by atoms with Crippen LogP contribution < -0.4 is 5.32 Å². The third-order valence-corrected chi connectivity index (χ3v) is 1.84. The van der Waals surface area contributed by atoms with E-state index in [-0.39, 0.29) is 12.1 Å². The van der Waals surface area contributed by atoms with Crippen molar-refractivity contribution in [3.63, 3.8) is 0 Å². The van der Waals surface area contributed by atoms with Gasteiger partial charge in [-0.25, -0.2) is 4.79 Å². The number of hydrogen-bond donors (Lipinski definition) is 3. The summed E-state index contributed by atoms with van der Waals surface area (Å²) in [4.78, 5) is 20.9. The Bertz CT molecular complexity index is 243. The minimum absolute atomic E-state index is 0.0130. The molecule has 0 aromatic heterocycles. The van der Waals surface area contributed by atoms with Crippen LogP contribution in [0.15, 0.2) is 12.2 Å². The smallest absolute Gasteiger partial charge is 0.328 e. The summed E-state index contributed by atoms with van der Waals surface area (Å²) in [7, 11) is 0. The van der Waals surface area contributed by atoms with E-state index in [9.17, 15) is 9.59 Å². The molecule has 0 saturated heterocycles. The van der Waals surface area contributed by atoms with E-state index in [1.54, 1.807) is 0 Å². The molecule has 1 saturated carbocycles. The van der Waals surface area contributed by atoms with Crippen molar-refractivity contribution in [1.29, 1.82) is 0 Å². The van der Waals surface area contributed by atoms with E-state index in [4.69, 9.17) is 10.2 Å². The number of hydrogen-bond acceptors (Lipinski definition) is 3. The third-order valence-electron chi connectivity index (χ3n) is 1.84. The number of aliphatic carboxylic acids is 1. The van der Waals surface area contributed by atoms with E-state index in [0.29, 0.717) is 12.8 Å². The molecule has 1 aliphatic rings. The quantitative estimate of drug-likeness (QED) is 0.506. The molecule has 0 radical (unpaired) electrons. The zero-order valence-corrected chi connectivity index (χ0v) is 6.93. The van der Waals surface area contributed by atoms with Gasteiger partial charge in [-0.05, 0) is 12.8 Å². The molecule has 0 aromatic carbocycles. The van der Waals surface area contributed by atoms with Crippen molar-refractivity contribution in [2.45, 2.75) is 25.0 Å². The zero-order valence-electron chi connectivity index (χ0n) is 6.93. The highest BCUT2D eigenvalue weighted by Crippen LogP contribution is 2.18. The average molecular weight is 185 g/mol. The number of aliphatic hydroxyl groups is 1. The molecule has 13 heavy (non-hydrogen) atoms. The maximum atomic E-state index is 10.9. The molecule has 0 spiro atoms. The van der Waals surface area contributed by atoms with E-state index >= 15 is 0 Å². The highest BCUT2D eigenvalue weighted by Gasteiger charge is 2.27. The summed E-state index contributed by atoms with van der Waals surface area (Å²) in [6.07, 6.45) is 2.52. The molecule has 0 aromatic rings. The van der Waals surface area contributed by atoms with Crippen molar-refractivity contribution in [2.75, 3.05) is 0 Å². The van der Waals surface area contributed by atoms with Crippen molar-refractivity contribution in [1.82, 2.24) is 5.32 Å². The lowest BCUT2D eigenvalue weighted by Crippen LogP contribution is -2.46. The number of nitrogens with one attached hydrogen (secondary N) is 1. The summed E-state index contributed by atoms with van der Waals surface area (Å²) in [5, 5.41) is 19.6. The van der Waals surface area contributed by atoms with Gasteiger partial charge in [-0.15, -0.1) is 0 Å². The van der Waals surface area contributed by atoms with Crippen molar-refractivity contribution in [3.8, 4) is 0 Å². The second kappa shape index (κ2) is 4.04. The third kappa shape index (κ3) is 3.25. The number of carbonyl (C=O) groups excluding carboxylic acids is 1. The number of carboxylic acids is 1. The summed E-state index contributed by atoms with van der Waals surface area (Å²) in [6.45, 7) is 0. The van der Waals surface area contributed by atoms with Crippen LogP contribution in [0.4, 0.5) is 0 Å². The van der Waals surface area contributed by atoms with Gasteiger partial charge in [0.1, 0.15) is 0 Å². The van der Waals surface area contributed by atoms with Crippen LogP contribution in [0, 0.1) is 0 Å². The summed E-state index contributed by atoms with van der Waals surface area (Å²) < 4.78 is 0. The Kier molecular flexibility index (Phi) is 3.02. The van der Waals surface area contributed by atoms with E-state index in [0.717, 1.165) is 12.2 Å². The predicted octanol–water partition coefficient (Wildman–Crippen LogP) is -0.733. The van der Waals surface area contributed by atoms with Crippen molar-refractivity contribution >= 4 is 11.9 Å². The highest BCUT2D eigenvalue weighted by atomic mass is 16.4. The van der Waals surface area contributed by atoms with Crippen LogP contribution >= 0.6 is 0 Å². The van der Waals surface area contributed by atoms with Gasteiger partial charge in [0, 0.05) is 18.2 Å². The van der Waals surface area contributed by atoms with Crippen LogP contribution in [-0.4, -0.2) is 34.2 Å². The number of aliphatic hydroxyl groups excluding tert-OH is 1. The molecule has 0 atom stereocenters. The first-order valence-corrected chi connectivity index (χ1v) is 3.97. The van der Waals surface area contributed by atoms with E-state index in [1.807, 2.05) is 0 Å². The molecule has 1 amide bonds. The lowest BCUT2D eigenvalue weighted by Gasteiger charge is -2.31. The van der Waals surface area contributed by atoms with Crippen LogP contribution in [0.1, 0.15) is 12.8 Å². The fourth-order valence-electron chi connectivity index (χ4n) is 1.10. The number of carbonyl (C=O) groups is 2. The van der Waals surface area contributed by atoms with Gasteiger partial charge in [0.15, 0.2) is 0 Å². The van der Waals surface area contributed by atoms with Crippen molar-refractivity contribution in [3.05, 3.63) is 12.2 Å². The minimum atomic E-state index is -1.15. The van der Waals surface area contributed by atoms with Crippen LogP contribution in [0.3, 0.4) is 0 Å². The first-order valence-electron chi connectivity index (χ1n) is 3.97. The topological polar surface area (TPSA) is 86.6 Å². The highest BCUT2D eigenvalue weighted by molar-refractivity contribution is 5.94. The maximum Gasteiger partial charge on any atom is 0.328 e. The Labute approximate surface area is 75.1 Å². The summed E-state index contributed by atoms with van der Waals surface area (Å²) in [5.74, 6) is -1.58. The predicted molar refractivity (Wildman–Crippen MR) is 43.9 cm³/mol. The van der Waals surface area contributed by atoms with Crippen molar-refractivity contribution < 1.29 is 19.8 Å². The molecule has 5 heteroatoms. The summed E-state index contributed by atoms with van der Waals surface area (Å²) in [5.41, 5.74) is 0. The zero-order chi connectivity index (χ0) is 9.84. The van der Waals surface area contributed by atoms with Gasteiger partial charge >= 0.3 is 5.97 Å². The molecule has 1 aliphatic carbocycles. The second-order valence-corrected chi connectivity index (χ2v) is 3.00. The molecular formula is C8H11NO4. The van der Waals surface area contributed by atoms with Gasteiger partial charge < -0.3 is 15.5 Å². The first-order chi connectivity index (χ1) is 6.08. The Morgan fingerprint density at radius 1 is 1.31 bits per heavy atom. The van der Waals surface area contributed by atoms with Gasteiger partial charge in [-0.1, -0.05) is 0 Å². The average Bonchev–Trinajstić information content (AvgIpc) is 1.98. The van der Waals surface area contributed by atoms with Gasteiger partial charge in [0.25, 0.3) is 0 Å². The first kappa shape index (κ1) is 9.73. The molecule has 0 unspecified atom stereocenters. The van der Waals surface area contributed by atoms with Crippen LogP contribution in [0.5, 0.6) is 0 Å². The van der Waals surface area contributed by atoms with Gasteiger partial charge in [0.05, 0.1) is 6.10 Å². The Balaban J connectivity index is 2.22. The Hall–Kier alpha value is -1.36.